The average Bonchev–Trinajstić information content (AvgIpc) is 2.40. The molecule has 0 radical (unpaired) electrons. The SMILES string of the molecule is COc1ccc(C=O)cc1-c1cc(F)ccc1Cl. The molecule has 92 valence electrons. The van der Waals surface area contributed by atoms with Crippen molar-refractivity contribution in [2.24, 2.45) is 0 Å². The summed E-state index contributed by atoms with van der Waals surface area (Å²) < 4.78 is 18.5. The first-order valence-electron chi connectivity index (χ1n) is 5.24. The van der Waals surface area contributed by atoms with Crippen LogP contribution in [0.1, 0.15) is 10.4 Å². The maximum Gasteiger partial charge on any atom is 0.150 e. The topological polar surface area (TPSA) is 26.3 Å². The van der Waals surface area contributed by atoms with Crippen LogP contribution < -0.4 is 4.74 Å². The summed E-state index contributed by atoms with van der Waals surface area (Å²) in [5, 5.41) is 0.401. The maximum absolute atomic E-state index is 13.3. The van der Waals surface area contributed by atoms with Gasteiger partial charge in [-0.15, -0.1) is 0 Å². The Morgan fingerprint density at radius 3 is 2.61 bits per heavy atom. The van der Waals surface area contributed by atoms with E-state index in [1.807, 2.05) is 0 Å². The van der Waals surface area contributed by atoms with E-state index in [1.165, 1.54) is 25.3 Å². The van der Waals surface area contributed by atoms with Crippen LogP contribution in [-0.2, 0) is 0 Å². The van der Waals surface area contributed by atoms with Gasteiger partial charge in [-0.3, -0.25) is 4.79 Å². The number of halogens is 2. The van der Waals surface area contributed by atoms with Crippen LogP contribution in [-0.4, -0.2) is 13.4 Å². The Bertz CT molecular complexity index is 596. The summed E-state index contributed by atoms with van der Waals surface area (Å²) in [5.74, 6) is 0.140. The van der Waals surface area contributed by atoms with Crippen molar-refractivity contribution < 1.29 is 13.9 Å². The summed E-state index contributed by atoms with van der Waals surface area (Å²) in [5.41, 5.74) is 1.56. The lowest BCUT2D eigenvalue weighted by Gasteiger charge is -2.11. The van der Waals surface area contributed by atoms with Crippen LogP contribution in [0.2, 0.25) is 5.02 Å². The second kappa shape index (κ2) is 5.19. The predicted octanol–water partition coefficient (Wildman–Crippen LogP) is 3.97. The first kappa shape index (κ1) is 12.6. The Kier molecular flexibility index (Phi) is 3.63. The van der Waals surface area contributed by atoms with Crippen LogP contribution >= 0.6 is 11.6 Å². The molecule has 0 aliphatic heterocycles. The van der Waals surface area contributed by atoms with E-state index in [4.69, 9.17) is 16.3 Å². The molecule has 0 unspecified atom stereocenters. The minimum absolute atomic E-state index is 0.395. The molecule has 0 fully saturated rings. The lowest BCUT2D eigenvalue weighted by Crippen LogP contribution is -1.91. The number of ether oxygens (including phenoxy) is 1. The molecule has 2 aromatic carbocycles. The molecule has 0 aromatic heterocycles. The second-order valence-electron chi connectivity index (χ2n) is 3.70. The molecule has 0 atom stereocenters. The number of hydrogen-bond acceptors (Lipinski definition) is 2. The zero-order valence-electron chi connectivity index (χ0n) is 9.61. The van der Waals surface area contributed by atoms with Gasteiger partial charge in [0.25, 0.3) is 0 Å². The molecule has 0 bridgehead atoms. The fourth-order valence-corrected chi connectivity index (χ4v) is 1.93. The largest absolute Gasteiger partial charge is 0.496 e. The van der Waals surface area contributed by atoms with Crippen LogP contribution in [0.15, 0.2) is 36.4 Å². The van der Waals surface area contributed by atoms with Crippen molar-refractivity contribution in [3.8, 4) is 16.9 Å². The van der Waals surface area contributed by atoms with Gasteiger partial charge >= 0.3 is 0 Å². The molecule has 2 nitrogen and oxygen atoms in total. The summed E-state index contributed by atoms with van der Waals surface area (Å²) in [6.45, 7) is 0. The molecule has 4 heteroatoms. The van der Waals surface area contributed by atoms with Crippen molar-refractivity contribution in [1.82, 2.24) is 0 Å². The molecular weight excluding hydrogens is 255 g/mol. The highest BCUT2D eigenvalue weighted by molar-refractivity contribution is 6.33. The highest BCUT2D eigenvalue weighted by atomic mass is 35.5. The third kappa shape index (κ3) is 2.36. The number of carbonyl (C=O) groups excluding carboxylic acids is 1. The molecule has 0 saturated heterocycles. The monoisotopic (exact) mass is 264 g/mol. The number of benzene rings is 2. The molecule has 0 spiro atoms. The van der Waals surface area contributed by atoms with Crippen LogP contribution in [0.4, 0.5) is 4.39 Å². The van der Waals surface area contributed by atoms with Crippen molar-refractivity contribution >= 4 is 17.9 Å². The molecule has 0 aliphatic carbocycles. The minimum Gasteiger partial charge on any atom is -0.496 e. The van der Waals surface area contributed by atoms with E-state index in [1.54, 1.807) is 18.2 Å². The van der Waals surface area contributed by atoms with E-state index < -0.39 is 5.82 Å². The Hall–Kier alpha value is -1.87. The van der Waals surface area contributed by atoms with E-state index in [0.29, 0.717) is 27.5 Å². The quantitative estimate of drug-likeness (QED) is 0.784. The van der Waals surface area contributed by atoms with Crippen LogP contribution in [0.3, 0.4) is 0 Å². The van der Waals surface area contributed by atoms with Gasteiger partial charge in [-0.2, -0.15) is 0 Å². The number of hydrogen-bond donors (Lipinski definition) is 0. The Morgan fingerprint density at radius 2 is 1.94 bits per heavy atom. The van der Waals surface area contributed by atoms with Gasteiger partial charge in [-0.25, -0.2) is 4.39 Å². The minimum atomic E-state index is -0.395. The molecule has 0 amide bonds. The van der Waals surface area contributed by atoms with Gasteiger partial charge in [0.05, 0.1) is 7.11 Å². The third-order valence-corrected chi connectivity index (χ3v) is 2.91. The lowest BCUT2D eigenvalue weighted by atomic mass is 10.0. The standard InChI is InChI=1S/C14H10ClFO2/c1-18-14-5-2-9(8-17)6-12(14)11-7-10(16)3-4-13(11)15/h2-8H,1H3. The molecule has 2 aromatic rings. The van der Waals surface area contributed by atoms with Gasteiger partial charge in [0.15, 0.2) is 0 Å². The van der Waals surface area contributed by atoms with E-state index in [-0.39, 0.29) is 0 Å². The van der Waals surface area contributed by atoms with Crippen molar-refractivity contribution in [3.63, 3.8) is 0 Å². The van der Waals surface area contributed by atoms with Gasteiger partial charge in [0.1, 0.15) is 17.9 Å². The Morgan fingerprint density at radius 1 is 1.17 bits per heavy atom. The van der Waals surface area contributed by atoms with E-state index in [9.17, 15) is 9.18 Å². The Labute approximate surface area is 109 Å². The Balaban J connectivity index is 2.67. The lowest BCUT2D eigenvalue weighted by molar-refractivity contribution is 0.112. The normalized spacial score (nSPS) is 10.2. The first-order chi connectivity index (χ1) is 8.65. The maximum atomic E-state index is 13.3. The smallest absolute Gasteiger partial charge is 0.150 e. The van der Waals surface area contributed by atoms with Gasteiger partial charge < -0.3 is 4.74 Å². The number of rotatable bonds is 3. The fraction of sp³-hybridized carbons (Fsp3) is 0.0714. The van der Waals surface area contributed by atoms with Crippen LogP contribution in [0, 0.1) is 5.82 Å². The first-order valence-corrected chi connectivity index (χ1v) is 5.62. The van der Waals surface area contributed by atoms with Gasteiger partial charge in [-0.1, -0.05) is 11.6 Å². The zero-order valence-corrected chi connectivity index (χ0v) is 10.4. The van der Waals surface area contributed by atoms with Crippen molar-refractivity contribution in [1.29, 1.82) is 0 Å². The summed E-state index contributed by atoms with van der Waals surface area (Å²) in [7, 11) is 1.51. The highest BCUT2D eigenvalue weighted by Crippen LogP contribution is 2.35. The summed E-state index contributed by atoms with van der Waals surface area (Å²) in [6, 6.07) is 8.96. The molecule has 0 saturated carbocycles. The highest BCUT2D eigenvalue weighted by Gasteiger charge is 2.11. The van der Waals surface area contributed by atoms with Crippen LogP contribution in [0.25, 0.3) is 11.1 Å². The molecule has 18 heavy (non-hydrogen) atoms. The molecule has 0 aliphatic rings. The average molecular weight is 265 g/mol. The molecule has 2 rings (SSSR count). The van der Waals surface area contributed by atoms with E-state index in [0.717, 1.165) is 6.29 Å². The van der Waals surface area contributed by atoms with Crippen molar-refractivity contribution in [2.75, 3.05) is 7.11 Å². The van der Waals surface area contributed by atoms with Crippen LogP contribution in [0.5, 0.6) is 5.75 Å². The summed E-state index contributed by atoms with van der Waals surface area (Å²) in [6.07, 6.45) is 0.718. The summed E-state index contributed by atoms with van der Waals surface area (Å²) >= 11 is 6.04. The molecule has 0 N–H and O–H groups in total. The van der Waals surface area contributed by atoms with E-state index in [2.05, 4.69) is 0 Å². The predicted molar refractivity (Wildman–Crippen MR) is 68.8 cm³/mol. The number of methoxy groups -OCH3 is 1. The summed E-state index contributed by atoms with van der Waals surface area (Å²) in [4.78, 5) is 10.8. The molecular formula is C14H10ClFO2. The second-order valence-corrected chi connectivity index (χ2v) is 4.11. The fourth-order valence-electron chi connectivity index (χ4n) is 1.71. The third-order valence-electron chi connectivity index (χ3n) is 2.58. The number of aldehydes is 1. The van der Waals surface area contributed by atoms with Crippen molar-refractivity contribution in [2.45, 2.75) is 0 Å². The van der Waals surface area contributed by atoms with Gasteiger partial charge in [0, 0.05) is 21.7 Å². The van der Waals surface area contributed by atoms with Crippen molar-refractivity contribution in [3.05, 3.63) is 52.8 Å². The molecule has 0 heterocycles. The van der Waals surface area contributed by atoms with Gasteiger partial charge in [-0.05, 0) is 36.4 Å². The van der Waals surface area contributed by atoms with Gasteiger partial charge in [0.2, 0.25) is 0 Å². The number of carbonyl (C=O) groups is 1. The van der Waals surface area contributed by atoms with E-state index >= 15 is 0 Å². The zero-order chi connectivity index (χ0) is 13.1.